The van der Waals surface area contributed by atoms with Crippen molar-refractivity contribution in [3.63, 3.8) is 0 Å². The maximum Gasteiger partial charge on any atom is 0.158 e. The van der Waals surface area contributed by atoms with Crippen LogP contribution in [0.25, 0.3) is 0 Å². The predicted molar refractivity (Wildman–Crippen MR) is 109 cm³/mol. The van der Waals surface area contributed by atoms with E-state index in [1.54, 1.807) is 6.08 Å². The van der Waals surface area contributed by atoms with E-state index in [4.69, 9.17) is 5.73 Å². The van der Waals surface area contributed by atoms with Crippen molar-refractivity contribution < 1.29 is 4.79 Å². The Morgan fingerprint density at radius 2 is 1.92 bits per heavy atom. The molecule has 25 heavy (non-hydrogen) atoms. The lowest BCUT2D eigenvalue weighted by atomic mass is 9.82. The first-order valence-corrected chi connectivity index (χ1v) is 10.1. The molecule has 0 aromatic carbocycles. The summed E-state index contributed by atoms with van der Waals surface area (Å²) in [5.74, 6) is 1.96. The van der Waals surface area contributed by atoms with Crippen molar-refractivity contribution in [2.45, 2.75) is 72.6 Å². The summed E-state index contributed by atoms with van der Waals surface area (Å²) in [5.41, 5.74) is 8.57. The summed E-state index contributed by atoms with van der Waals surface area (Å²) in [7, 11) is 0. The Morgan fingerprint density at radius 3 is 2.56 bits per heavy atom. The number of hydrogen-bond donors (Lipinski definition) is 1. The van der Waals surface area contributed by atoms with Crippen molar-refractivity contribution in [2.75, 3.05) is 6.54 Å². The van der Waals surface area contributed by atoms with E-state index >= 15 is 0 Å². The molecule has 2 heteroatoms. The van der Waals surface area contributed by atoms with Crippen molar-refractivity contribution in [2.24, 2.45) is 29.4 Å². The molecule has 0 fully saturated rings. The SMILES string of the molecule is C=C1CC[C@H](C)CCC[C@@H](C)C(=O)/C=C/C(C)=C/[C@H](CN)[C@@H](CC)C1. The molecule has 0 aliphatic heterocycles. The molecule has 0 bridgehead atoms. The van der Waals surface area contributed by atoms with Gasteiger partial charge >= 0.3 is 0 Å². The van der Waals surface area contributed by atoms with Crippen LogP contribution in [0.3, 0.4) is 0 Å². The summed E-state index contributed by atoms with van der Waals surface area (Å²) >= 11 is 0. The second-order valence-corrected chi connectivity index (χ2v) is 8.14. The summed E-state index contributed by atoms with van der Waals surface area (Å²) in [4.78, 5) is 12.3. The Balaban J connectivity index is 2.97. The molecule has 4 atom stereocenters. The van der Waals surface area contributed by atoms with Crippen LogP contribution in [0.2, 0.25) is 0 Å². The number of ketones is 1. The first-order valence-electron chi connectivity index (χ1n) is 10.1. The highest BCUT2D eigenvalue weighted by atomic mass is 16.1. The molecule has 0 saturated carbocycles. The molecule has 142 valence electrons. The fraction of sp³-hybridized carbons (Fsp3) is 0.696. The van der Waals surface area contributed by atoms with Gasteiger partial charge in [0.15, 0.2) is 5.78 Å². The lowest BCUT2D eigenvalue weighted by Gasteiger charge is -2.24. The first kappa shape index (κ1) is 21.9. The van der Waals surface area contributed by atoms with Gasteiger partial charge < -0.3 is 5.73 Å². The van der Waals surface area contributed by atoms with Gasteiger partial charge in [0.1, 0.15) is 0 Å². The summed E-state index contributed by atoms with van der Waals surface area (Å²) in [6.07, 6.45) is 13.8. The second-order valence-electron chi connectivity index (χ2n) is 8.14. The minimum absolute atomic E-state index is 0.118. The fourth-order valence-electron chi connectivity index (χ4n) is 3.75. The largest absolute Gasteiger partial charge is 0.330 e. The van der Waals surface area contributed by atoms with E-state index in [9.17, 15) is 4.79 Å². The minimum Gasteiger partial charge on any atom is -0.330 e. The molecule has 0 radical (unpaired) electrons. The van der Waals surface area contributed by atoms with Crippen LogP contribution in [0.4, 0.5) is 0 Å². The molecule has 0 amide bonds. The van der Waals surface area contributed by atoms with Crippen molar-refractivity contribution >= 4 is 5.78 Å². The van der Waals surface area contributed by atoms with Gasteiger partial charge in [0.2, 0.25) is 0 Å². The third kappa shape index (κ3) is 8.18. The number of carbonyl (C=O) groups excluding carboxylic acids is 1. The van der Waals surface area contributed by atoms with Crippen molar-refractivity contribution in [3.05, 3.63) is 36.0 Å². The van der Waals surface area contributed by atoms with Gasteiger partial charge in [-0.2, -0.15) is 0 Å². The van der Waals surface area contributed by atoms with Crippen molar-refractivity contribution in [1.29, 1.82) is 0 Å². The highest BCUT2D eigenvalue weighted by Gasteiger charge is 2.18. The predicted octanol–water partition coefficient (Wildman–Crippen LogP) is 5.84. The molecule has 0 saturated heterocycles. The van der Waals surface area contributed by atoms with Crippen molar-refractivity contribution in [3.8, 4) is 0 Å². The molecule has 0 aromatic heterocycles. The molecule has 0 heterocycles. The maximum absolute atomic E-state index is 12.3. The Bertz CT molecular complexity index is 488. The minimum atomic E-state index is 0.118. The molecule has 0 unspecified atom stereocenters. The van der Waals surface area contributed by atoms with Gasteiger partial charge in [-0.15, -0.1) is 0 Å². The molecular weight excluding hydrogens is 306 g/mol. The van der Waals surface area contributed by atoms with Crippen LogP contribution in [0.15, 0.2) is 36.0 Å². The van der Waals surface area contributed by atoms with E-state index in [-0.39, 0.29) is 11.7 Å². The zero-order valence-corrected chi connectivity index (χ0v) is 16.9. The zero-order valence-electron chi connectivity index (χ0n) is 16.9. The van der Waals surface area contributed by atoms with Crippen LogP contribution in [0.1, 0.15) is 72.6 Å². The molecule has 0 spiro atoms. The third-order valence-corrected chi connectivity index (χ3v) is 5.75. The van der Waals surface area contributed by atoms with E-state index in [0.717, 1.165) is 37.7 Å². The molecule has 0 aromatic rings. The number of hydrogen-bond acceptors (Lipinski definition) is 2. The van der Waals surface area contributed by atoms with Crippen LogP contribution in [-0.2, 0) is 4.79 Å². The van der Waals surface area contributed by atoms with E-state index < -0.39 is 0 Å². The van der Waals surface area contributed by atoms with Crippen molar-refractivity contribution in [1.82, 2.24) is 0 Å². The molecule has 1 aliphatic rings. The van der Waals surface area contributed by atoms with E-state index in [1.807, 2.05) is 6.08 Å². The summed E-state index contributed by atoms with van der Waals surface area (Å²) < 4.78 is 0. The van der Waals surface area contributed by atoms with E-state index in [0.29, 0.717) is 24.3 Å². The fourth-order valence-corrected chi connectivity index (χ4v) is 3.75. The van der Waals surface area contributed by atoms with Gasteiger partial charge in [0.25, 0.3) is 0 Å². The first-order chi connectivity index (χ1) is 11.9. The Morgan fingerprint density at radius 1 is 1.20 bits per heavy atom. The highest BCUT2D eigenvalue weighted by molar-refractivity contribution is 5.91. The number of nitrogens with two attached hydrogens (primary N) is 1. The molecule has 2 nitrogen and oxygen atoms in total. The molecule has 2 N–H and O–H groups in total. The van der Waals surface area contributed by atoms with Gasteiger partial charge in [-0.3, -0.25) is 4.79 Å². The average Bonchev–Trinajstić information content (AvgIpc) is 2.59. The monoisotopic (exact) mass is 345 g/mol. The lowest BCUT2D eigenvalue weighted by Crippen LogP contribution is -2.22. The summed E-state index contributed by atoms with van der Waals surface area (Å²) in [6, 6.07) is 0. The average molecular weight is 346 g/mol. The Kier molecular flexibility index (Phi) is 10.0. The third-order valence-electron chi connectivity index (χ3n) is 5.75. The standard InChI is InChI=1S/C23H39NO/c1-6-21-14-18(3)11-10-17(2)8-7-9-20(5)23(25)13-12-19(4)15-22(21)16-24/h12-13,15,17,20-22H,3,6-11,14,16,24H2,1-2,4-5H3/b13-12+,19-15+/t17-,20-,21+,22-/m1/s1. The molecule has 1 rings (SSSR count). The van der Waals surface area contributed by atoms with Crippen LogP contribution in [-0.4, -0.2) is 12.3 Å². The topological polar surface area (TPSA) is 43.1 Å². The molecular formula is C23H39NO. The summed E-state index contributed by atoms with van der Waals surface area (Å²) in [5, 5.41) is 0. The lowest BCUT2D eigenvalue weighted by molar-refractivity contribution is -0.117. The molecule has 1 aliphatic carbocycles. The number of carbonyl (C=O) groups is 1. The normalized spacial score (nSPS) is 34.4. The summed E-state index contributed by atoms with van der Waals surface area (Å²) in [6.45, 7) is 13.7. The van der Waals surface area contributed by atoms with Gasteiger partial charge in [-0.05, 0) is 63.0 Å². The quantitative estimate of drug-likeness (QED) is 0.639. The van der Waals surface area contributed by atoms with Gasteiger partial charge in [0.05, 0.1) is 0 Å². The van der Waals surface area contributed by atoms with Crippen LogP contribution >= 0.6 is 0 Å². The van der Waals surface area contributed by atoms with Crippen LogP contribution in [0.5, 0.6) is 0 Å². The van der Waals surface area contributed by atoms with Gasteiger partial charge in [0, 0.05) is 5.92 Å². The number of rotatable bonds is 2. The maximum atomic E-state index is 12.3. The highest BCUT2D eigenvalue weighted by Crippen LogP contribution is 2.28. The zero-order chi connectivity index (χ0) is 18.8. The second kappa shape index (κ2) is 11.5. The van der Waals surface area contributed by atoms with Crippen LogP contribution < -0.4 is 5.73 Å². The van der Waals surface area contributed by atoms with E-state index in [2.05, 4.69) is 40.3 Å². The van der Waals surface area contributed by atoms with Crippen LogP contribution in [0, 0.1) is 23.7 Å². The Hall–Kier alpha value is -1.15. The van der Waals surface area contributed by atoms with Gasteiger partial charge in [-0.25, -0.2) is 0 Å². The van der Waals surface area contributed by atoms with Gasteiger partial charge in [-0.1, -0.05) is 69.9 Å². The number of allylic oxidation sites excluding steroid dienone is 4. The smallest absolute Gasteiger partial charge is 0.158 e. The Labute approximate surface area is 155 Å². The van der Waals surface area contributed by atoms with E-state index in [1.165, 1.54) is 18.4 Å².